The van der Waals surface area contributed by atoms with Gasteiger partial charge in [0.2, 0.25) is 0 Å². The predicted octanol–water partition coefficient (Wildman–Crippen LogP) is 4.53. The molecule has 2 heterocycles. The molecule has 0 radical (unpaired) electrons. The van der Waals surface area contributed by atoms with Gasteiger partial charge in [0.1, 0.15) is 16.3 Å². The number of rotatable bonds is 5. The lowest BCUT2D eigenvalue weighted by Crippen LogP contribution is -2.53. The molecule has 1 atom stereocenters. The molecule has 0 saturated carbocycles. The normalized spacial score (nSPS) is 20.7. The molecule has 1 unspecified atom stereocenters. The van der Waals surface area contributed by atoms with E-state index in [1.807, 2.05) is 49.4 Å². The first-order valence-corrected chi connectivity index (χ1v) is 10.3. The van der Waals surface area contributed by atoms with Crippen LogP contribution >= 0.6 is 12.2 Å². The van der Waals surface area contributed by atoms with Crippen LogP contribution in [0.5, 0.6) is 17.2 Å². The molecule has 0 aromatic heterocycles. The quantitative estimate of drug-likeness (QED) is 0.659. The van der Waals surface area contributed by atoms with Crippen molar-refractivity contribution in [3.63, 3.8) is 0 Å². The second kappa shape index (κ2) is 7.76. The molecule has 0 N–H and O–H groups in total. The minimum Gasteiger partial charge on any atom is -0.497 e. The van der Waals surface area contributed by atoms with Crippen molar-refractivity contribution in [3.05, 3.63) is 48.0 Å². The highest BCUT2D eigenvalue weighted by atomic mass is 32.1. The van der Waals surface area contributed by atoms with Crippen molar-refractivity contribution in [2.75, 3.05) is 27.9 Å². The molecule has 6 heteroatoms. The summed E-state index contributed by atoms with van der Waals surface area (Å²) in [5.41, 5.74) is 2.58. The summed E-state index contributed by atoms with van der Waals surface area (Å²) < 4.78 is 16.5. The van der Waals surface area contributed by atoms with E-state index in [9.17, 15) is 4.79 Å². The van der Waals surface area contributed by atoms with Crippen LogP contribution in [0.25, 0.3) is 16.7 Å². The molecule has 2 aromatic rings. The average Bonchev–Trinajstić information content (AvgIpc) is 3.19. The third-order valence-corrected chi connectivity index (χ3v) is 6.44. The summed E-state index contributed by atoms with van der Waals surface area (Å²) in [5.74, 6) is 1.99. The van der Waals surface area contributed by atoms with Gasteiger partial charge in [-0.05, 0) is 66.8 Å². The molecule has 0 spiro atoms. The van der Waals surface area contributed by atoms with Gasteiger partial charge in [0.05, 0.1) is 21.3 Å². The molecule has 2 aliphatic rings. The van der Waals surface area contributed by atoms with E-state index in [-0.39, 0.29) is 5.78 Å². The Labute approximate surface area is 182 Å². The zero-order chi connectivity index (χ0) is 21.5. The van der Waals surface area contributed by atoms with Gasteiger partial charge < -0.3 is 19.1 Å². The number of carbonyl (C=O) groups is 1. The van der Waals surface area contributed by atoms with Crippen molar-refractivity contribution >= 4 is 28.6 Å². The Morgan fingerprint density at radius 2 is 1.70 bits per heavy atom. The molecule has 0 bridgehead atoms. The van der Waals surface area contributed by atoms with Gasteiger partial charge in [-0.2, -0.15) is 0 Å². The van der Waals surface area contributed by atoms with Gasteiger partial charge in [0.25, 0.3) is 0 Å². The number of nitrogens with zero attached hydrogens (tertiary/aromatic N) is 1. The van der Waals surface area contributed by atoms with E-state index in [0.717, 1.165) is 41.8 Å². The third-order valence-electron chi connectivity index (χ3n) is 6.10. The number of hydrogen-bond acceptors (Lipinski definition) is 5. The van der Waals surface area contributed by atoms with Gasteiger partial charge in [-0.15, -0.1) is 0 Å². The second-order valence-electron chi connectivity index (χ2n) is 7.74. The molecule has 2 aromatic carbocycles. The van der Waals surface area contributed by atoms with E-state index in [2.05, 4.69) is 4.90 Å². The van der Waals surface area contributed by atoms with E-state index in [0.29, 0.717) is 22.1 Å². The molecule has 4 rings (SSSR count). The van der Waals surface area contributed by atoms with Gasteiger partial charge in [0, 0.05) is 12.1 Å². The second-order valence-corrected chi connectivity index (χ2v) is 8.16. The van der Waals surface area contributed by atoms with Crippen molar-refractivity contribution in [1.29, 1.82) is 0 Å². The summed E-state index contributed by atoms with van der Waals surface area (Å²) in [6, 6.07) is 11.5. The number of fused-ring (bicyclic) bond motifs is 1. The number of benzene rings is 2. The van der Waals surface area contributed by atoms with E-state index < -0.39 is 5.54 Å². The maximum absolute atomic E-state index is 13.7. The molecule has 30 heavy (non-hydrogen) atoms. The Morgan fingerprint density at radius 1 is 1.00 bits per heavy atom. The highest BCUT2D eigenvalue weighted by Gasteiger charge is 2.48. The largest absolute Gasteiger partial charge is 0.497 e. The zero-order valence-electron chi connectivity index (χ0n) is 17.7. The van der Waals surface area contributed by atoms with Gasteiger partial charge in [-0.3, -0.25) is 4.79 Å². The van der Waals surface area contributed by atoms with Crippen molar-refractivity contribution in [2.45, 2.75) is 25.3 Å². The molecular formula is C24H25NO4S. The Kier molecular flexibility index (Phi) is 5.28. The molecular weight excluding hydrogens is 398 g/mol. The molecule has 156 valence electrons. The van der Waals surface area contributed by atoms with E-state index in [1.54, 1.807) is 21.3 Å². The van der Waals surface area contributed by atoms with Gasteiger partial charge >= 0.3 is 0 Å². The van der Waals surface area contributed by atoms with Gasteiger partial charge in [-0.1, -0.05) is 24.4 Å². The van der Waals surface area contributed by atoms with Crippen LogP contribution in [0.1, 0.15) is 25.3 Å². The SMILES string of the molecule is COc1cccc(-c2cc(OC)c(OC)cc2C2=CC(=S)N3CCCC3(C)C2=O)c1. The third kappa shape index (κ3) is 3.16. The number of Topliss-reactive ketones (excluding diaryl/α,β-unsaturated/α-hetero) is 1. The number of thiocarbonyl (C=S) groups is 1. The van der Waals surface area contributed by atoms with Crippen molar-refractivity contribution in [3.8, 4) is 28.4 Å². The number of ether oxygens (including phenoxy) is 3. The van der Waals surface area contributed by atoms with E-state index in [4.69, 9.17) is 26.4 Å². The lowest BCUT2D eigenvalue weighted by atomic mass is 9.80. The lowest BCUT2D eigenvalue weighted by molar-refractivity contribution is -0.121. The van der Waals surface area contributed by atoms with Crippen molar-refractivity contribution in [2.24, 2.45) is 0 Å². The summed E-state index contributed by atoms with van der Waals surface area (Å²) in [6.07, 6.45) is 3.58. The maximum atomic E-state index is 13.7. The minimum atomic E-state index is -0.597. The Morgan fingerprint density at radius 3 is 2.37 bits per heavy atom. The van der Waals surface area contributed by atoms with Crippen LogP contribution in [0.3, 0.4) is 0 Å². The summed E-state index contributed by atoms with van der Waals surface area (Å²) in [4.78, 5) is 16.4. The fourth-order valence-corrected chi connectivity index (χ4v) is 4.85. The van der Waals surface area contributed by atoms with Crippen molar-refractivity contribution in [1.82, 2.24) is 4.90 Å². The molecule has 2 aliphatic heterocycles. The zero-order valence-corrected chi connectivity index (χ0v) is 18.5. The molecule has 1 saturated heterocycles. The Balaban J connectivity index is 1.95. The number of ketones is 1. The Bertz CT molecular complexity index is 1060. The van der Waals surface area contributed by atoms with Crippen LogP contribution in [0, 0.1) is 0 Å². The van der Waals surface area contributed by atoms with E-state index >= 15 is 0 Å². The Hall–Kier alpha value is -2.86. The van der Waals surface area contributed by atoms with E-state index in [1.165, 1.54) is 0 Å². The molecule has 0 aliphatic carbocycles. The number of carbonyl (C=O) groups excluding carboxylic acids is 1. The first-order chi connectivity index (χ1) is 14.4. The average molecular weight is 424 g/mol. The standard InChI is InChI=1S/C24H25NO4S/c1-24-9-6-10-25(24)22(30)14-19(23(24)26)18-13-21(29-4)20(28-3)12-17(18)15-7-5-8-16(11-15)27-2/h5,7-8,11-14H,6,9-10H2,1-4H3. The fraction of sp³-hybridized carbons (Fsp3) is 0.333. The smallest absolute Gasteiger partial charge is 0.188 e. The van der Waals surface area contributed by atoms with Crippen LogP contribution in [0.15, 0.2) is 42.5 Å². The first kappa shape index (κ1) is 20.4. The minimum absolute atomic E-state index is 0.0879. The summed E-state index contributed by atoms with van der Waals surface area (Å²) in [5, 5.41) is 0. The maximum Gasteiger partial charge on any atom is 0.188 e. The topological polar surface area (TPSA) is 48.0 Å². The molecule has 5 nitrogen and oxygen atoms in total. The van der Waals surface area contributed by atoms with Gasteiger partial charge in [0.15, 0.2) is 17.3 Å². The highest BCUT2D eigenvalue weighted by molar-refractivity contribution is 7.80. The highest BCUT2D eigenvalue weighted by Crippen LogP contribution is 2.44. The van der Waals surface area contributed by atoms with Crippen LogP contribution < -0.4 is 14.2 Å². The number of methoxy groups -OCH3 is 3. The summed E-state index contributed by atoms with van der Waals surface area (Å²) >= 11 is 5.68. The summed E-state index contributed by atoms with van der Waals surface area (Å²) in [7, 11) is 4.83. The molecule has 0 amide bonds. The molecule has 1 fully saturated rings. The van der Waals surface area contributed by atoms with Crippen LogP contribution in [-0.2, 0) is 4.79 Å². The van der Waals surface area contributed by atoms with Crippen molar-refractivity contribution < 1.29 is 19.0 Å². The predicted molar refractivity (Wildman–Crippen MR) is 121 cm³/mol. The van der Waals surface area contributed by atoms with Crippen LogP contribution in [-0.4, -0.2) is 49.1 Å². The lowest BCUT2D eigenvalue weighted by Gasteiger charge is -2.39. The fourth-order valence-electron chi connectivity index (χ4n) is 4.44. The van der Waals surface area contributed by atoms with Crippen LogP contribution in [0.4, 0.5) is 0 Å². The van der Waals surface area contributed by atoms with Gasteiger partial charge in [-0.25, -0.2) is 0 Å². The van der Waals surface area contributed by atoms with Crippen LogP contribution in [0.2, 0.25) is 0 Å². The summed E-state index contributed by atoms with van der Waals surface area (Å²) in [6.45, 7) is 2.81. The monoisotopic (exact) mass is 423 g/mol. The number of hydrogen-bond donors (Lipinski definition) is 0. The first-order valence-electron chi connectivity index (χ1n) is 9.92.